The zero-order chi connectivity index (χ0) is 24.5. The Morgan fingerprint density at radius 1 is 1.09 bits per heavy atom. The maximum Gasteiger partial charge on any atom is 0.416 e. The lowest BCUT2D eigenvalue weighted by Crippen LogP contribution is -2.54. The molecule has 0 radical (unpaired) electrons. The molecule has 0 spiro atoms. The molecule has 1 fully saturated rings. The van der Waals surface area contributed by atoms with E-state index in [0.29, 0.717) is 31.2 Å². The molecule has 3 aromatic rings. The highest BCUT2D eigenvalue weighted by molar-refractivity contribution is 6.30. The van der Waals surface area contributed by atoms with Gasteiger partial charge in [0.15, 0.2) is 0 Å². The van der Waals surface area contributed by atoms with E-state index in [-0.39, 0.29) is 28.4 Å². The Hall–Kier alpha value is -3.40. The molecule has 1 aliphatic heterocycles. The van der Waals surface area contributed by atoms with E-state index in [2.05, 4.69) is 9.97 Å². The van der Waals surface area contributed by atoms with Crippen molar-refractivity contribution in [2.45, 2.75) is 19.1 Å². The molecule has 6 nitrogen and oxygen atoms in total. The van der Waals surface area contributed by atoms with Gasteiger partial charge in [-0.15, -0.1) is 0 Å². The minimum atomic E-state index is -4.45. The standard InChI is InChI=1S/C23H19ClF4N4O2/c1-14-12-31(8-9-32(14)22(33)15-2-4-16(5-3-15)23(26,27)28)20-11-21(30-13-29-20)34-17-6-7-19(25)18(24)10-17/h2-7,10-11,13-14H,8-9,12H2,1H3/t14-/m1/s1. The first kappa shape index (κ1) is 23.7. The largest absolute Gasteiger partial charge is 0.439 e. The predicted molar refractivity (Wildman–Crippen MR) is 118 cm³/mol. The summed E-state index contributed by atoms with van der Waals surface area (Å²) in [5.74, 6) is 0.238. The maximum atomic E-state index is 13.3. The van der Waals surface area contributed by atoms with Crippen LogP contribution in [0, 0.1) is 5.82 Å². The van der Waals surface area contributed by atoms with Gasteiger partial charge in [0.25, 0.3) is 5.91 Å². The van der Waals surface area contributed by atoms with Gasteiger partial charge >= 0.3 is 6.18 Å². The van der Waals surface area contributed by atoms with Crippen molar-refractivity contribution >= 4 is 23.3 Å². The minimum Gasteiger partial charge on any atom is -0.439 e. The van der Waals surface area contributed by atoms with Crippen LogP contribution in [0.1, 0.15) is 22.8 Å². The van der Waals surface area contributed by atoms with E-state index in [1.165, 1.54) is 36.7 Å². The zero-order valence-corrected chi connectivity index (χ0v) is 18.6. The fourth-order valence-corrected chi connectivity index (χ4v) is 3.83. The Bertz CT molecular complexity index is 1190. The Morgan fingerprint density at radius 2 is 1.82 bits per heavy atom. The van der Waals surface area contributed by atoms with Crippen LogP contribution in [0.25, 0.3) is 0 Å². The summed E-state index contributed by atoms with van der Waals surface area (Å²) in [5.41, 5.74) is -0.601. The van der Waals surface area contributed by atoms with Crippen LogP contribution in [0.3, 0.4) is 0 Å². The SMILES string of the molecule is C[C@@H]1CN(c2cc(Oc3ccc(F)c(Cl)c3)ncn2)CCN1C(=O)c1ccc(C(F)(F)F)cc1. The molecule has 1 atom stereocenters. The summed E-state index contributed by atoms with van der Waals surface area (Å²) in [5, 5.41) is -0.0746. The van der Waals surface area contributed by atoms with Crippen LogP contribution in [0.5, 0.6) is 11.6 Å². The van der Waals surface area contributed by atoms with E-state index < -0.39 is 17.6 Å². The van der Waals surface area contributed by atoms with E-state index >= 15 is 0 Å². The number of carbonyl (C=O) groups excluding carboxylic acids is 1. The average molecular weight is 495 g/mol. The number of rotatable bonds is 4. The molecule has 0 aliphatic carbocycles. The summed E-state index contributed by atoms with van der Waals surface area (Å²) >= 11 is 5.78. The van der Waals surface area contributed by atoms with Gasteiger partial charge < -0.3 is 14.5 Å². The van der Waals surface area contributed by atoms with Gasteiger partial charge in [0, 0.05) is 43.4 Å². The Kier molecular flexibility index (Phi) is 6.60. The second-order valence-corrected chi connectivity index (χ2v) is 8.17. The Morgan fingerprint density at radius 3 is 2.47 bits per heavy atom. The number of carbonyl (C=O) groups is 1. The number of ether oxygens (including phenoxy) is 1. The number of benzene rings is 2. The van der Waals surface area contributed by atoms with Gasteiger partial charge in [0.2, 0.25) is 5.88 Å². The van der Waals surface area contributed by atoms with Crippen LogP contribution in [-0.4, -0.2) is 46.5 Å². The molecule has 1 amide bonds. The van der Waals surface area contributed by atoms with Crippen molar-refractivity contribution < 1.29 is 27.1 Å². The highest BCUT2D eigenvalue weighted by Crippen LogP contribution is 2.30. The molecule has 1 aliphatic rings. The molecule has 1 saturated heterocycles. The van der Waals surface area contributed by atoms with Crippen LogP contribution in [-0.2, 0) is 6.18 Å². The van der Waals surface area contributed by atoms with E-state index in [1.54, 1.807) is 11.0 Å². The molecule has 178 valence electrons. The topological polar surface area (TPSA) is 58.6 Å². The molecule has 11 heteroatoms. The first-order valence-electron chi connectivity index (χ1n) is 10.3. The number of hydrogen-bond acceptors (Lipinski definition) is 5. The van der Waals surface area contributed by atoms with Crippen LogP contribution < -0.4 is 9.64 Å². The smallest absolute Gasteiger partial charge is 0.416 e. The fourth-order valence-electron chi connectivity index (χ4n) is 3.65. The predicted octanol–water partition coefficient (Wildman–Crippen LogP) is 5.43. The lowest BCUT2D eigenvalue weighted by molar-refractivity contribution is -0.137. The lowest BCUT2D eigenvalue weighted by atomic mass is 10.1. The van der Waals surface area contributed by atoms with Crippen molar-refractivity contribution in [3.63, 3.8) is 0 Å². The number of hydrogen-bond donors (Lipinski definition) is 0. The van der Waals surface area contributed by atoms with Crippen molar-refractivity contribution in [2.75, 3.05) is 24.5 Å². The van der Waals surface area contributed by atoms with Crippen LogP contribution >= 0.6 is 11.6 Å². The normalized spacial score (nSPS) is 16.5. The van der Waals surface area contributed by atoms with Crippen LogP contribution in [0.2, 0.25) is 5.02 Å². The number of anilines is 1. The summed E-state index contributed by atoms with van der Waals surface area (Å²) < 4.78 is 57.4. The maximum absolute atomic E-state index is 13.3. The molecule has 34 heavy (non-hydrogen) atoms. The minimum absolute atomic E-state index is 0.0746. The molecular formula is C23H19ClF4N4O2. The first-order valence-corrected chi connectivity index (χ1v) is 10.7. The van der Waals surface area contributed by atoms with Gasteiger partial charge in [0.1, 0.15) is 23.7 Å². The molecular weight excluding hydrogens is 476 g/mol. The number of amides is 1. The Labute approximate surface area is 197 Å². The van der Waals surface area contributed by atoms with Gasteiger partial charge in [-0.25, -0.2) is 14.4 Å². The molecule has 0 saturated carbocycles. The number of aromatic nitrogens is 2. The van der Waals surface area contributed by atoms with Crippen molar-refractivity contribution in [2.24, 2.45) is 0 Å². The zero-order valence-electron chi connectivity index (χ0n) is 17.9. The highest BCUT2D eigenvalue weighted by atomic mass is 35.5. The quantitative estimate of drug-likeness (QED) is 0.453. The molecule has 2 heterocycles. The van der Waals surface area contributed by atoms with Gasteiger partial charge in [-0.1, -0.05) is 11.6 Å². The fraction of sp³-hybridized carbons (Fsp3) is 0.261. The summed E-state index contributed by atoms with van der Waals surface area (Å²) in [4.78, 5) is 24.8. The average Bonchev–Trinajstić information content (AvgIpc) is 2.81. The van der Waals surface area contributed by atoms with Gasteiger partial charge in [0.05, 0.1) is 10.6 Å². The Balaban J connectivity index is 1.42. The van der Waals surface area contributed by atoms with Crippen molar-refractivity contribution in [1.82, 2.24) is 14.9 Å². The number of halogens is 5. The number of alkyl halides is 3. The van der Waals surface area contributed by atoms with E-state index in [1.807, 2.05) is 11.8 Å². The van der Waals surface area contributed by atoms with Crippen molar-refractivity contribution in [3.05, 3.63) is 76.8 Å². The summed E-state index contributed by atoms with van der Waals surface area (Å²) in [7, 11) is 0. The molecule has 4 rings (SSSR count). The monoisotopic (exact) mass is 494 g/mol. The summed E-state index contributed by atoms with van der Waals surface area (Å²) in [6, 6.07) is 9.56. The molecule has 0 N–H and O–H groups in total. The second kappa shape index (κ2) is 9.46. The van der Waals surface area contributed by atoms with E-state index in [0.717, 1.165) is 12.1 Å². The summed E-state index contributed by atoms with van der Waals surface area (Å²) in [6.45, 7) is 3.11. The lowest BCUT2D eigenvalue weighted by Gasteiger charge is -2.40. The third-order valence-electron chi connectivity index (χ3n) is 5.41. The highest BCUT2D eigenvalue weighted by Gasteiger charge is 2.32. The van der Waals surface area contributed by atoms with Gasteiger partial charge in [-0.2, -0.15) is 13.2 Å². The molecule has 1 aromatic heterocycles. The second-order valence-electron chi connectivity index (χ2n) is 7.76. The molecule has 0 unspecified atom stereocenters. The van der Waals surface area contributed by atoms with E-state index in [4.69, 9.17) is 16.3 Å². The third-order valence-corrected chi connectivity index (χ3v) is 5.70. The van der Waals surface area contributed by atoms with Gasteiger partial charge in [-0.05, 0) is 43.3 Å². The summed E-state index contributed by atoms with van der Waals surface area (Å²) in [6.07, 6.45) is -3.12. The van der Waals surface area contributed by atoms with Gasteiger partial charge in [-0.3, -0.25) is 4.79 Å². The first-order chi connectivity index (χ1) is 16.1. The number of piperazine rings is 1. The van der Waals surface area contributed by atoms with E-state index in [9.17, 15) is 22.4 Å². The molecule has 0 bridgehead atoms. The third kappa shape index (κ3) is 5.22. The van der Waals surface area contributed by atoms with Crippen molar-refractivity contribution in [3.8, 4) is 11.6 Å². The van der Waals surface area contributed by atoms with Crippen molar-refractivity contribution in [1.29, 1.82) is 0 Å². The molecule has 2 aromatic carbocycles. The number of nitrogens with zero attached hydrogens (tertiary/aromatic N) is 4. The van der Waals surface area contributed by atoms with Crippen LogP contribution in [0.4, 0.5) is 23.4 Å². The van der Waals surface area contributed by atoms with Crippen LogP contribution in [0.15, 0.2) is 54.9 Å².